The summed E-state index contributed by atoms with van der Waals surface area (Å²) in [7, 11) is -3.76. The maximum atomic E-state index is 12.4. The summed E-state index contributed by atoms with van der Waals surface area (Å²) < 4.78 is 25.6. The highest BCUT2D eigenvalue weighted by Crippen LogP contribution is 2.23. The first-order valence-electron chi connectivity index (χ1n) is 5.41. The predicted molar refractivity (Wildman–Crippen MR) is 66.5 cm³/mol. The minimum atomic E-state index is -3.76. The average molecular weight is 266 g/mol. The molecule has 0 fully saturated rings. The van der Waals surface area contributed by atoms with Crippen LogP contribution in [0.1, 0.15) is 19.5 Å². The van der Waals surface area contributed by atoms with Gasteiger partial charge in [-0.15, -0.1) is 0 Å². The zero-order chi connectivity index (χ0) is 13.4. The van der Waals surface area contributed by atoms with Crippen molar-refractivity contribution in [2.75, 3.05) is 0 Å². The summed E-state index contributed by atoms with van der Waals surface area (Å²) in [5, 5.41) is 13.7. The van der Waals surface area contributed by atoms with Gasteiger partial charge in [0.15, 0.2) is 0 Å². The van der Waals surface area contributed by atoms with E-state index >= 15 is 0 Å². The molecular weight excluding hydrogens is 252 g/mol. The van der Waals surface area contributed by atoms with E-state index in [0.717, 1.165) is 4.09 Å². The minimum absolute atomic E-state index is 0.138. The molecule has 0 amide bonds. The number of rotatable bonds is 3. The molecule has 0 unspecified atom stereocenters. The molecule has 18 heavy (non-hydrogen) atoms. The van der Waals surface area contributed by atoms with Gasteiger partial charge in [0.25, 0.3) is 10.0 Å². The van der Waals surface area contributed by atoms with Crippen molar-refractivity contribution in [2.24, 2.45) is 0 Å². The SMILES string of the molecule is CC(C)(O)c1ccnn1S(=O)(=O)c1ccccc1. The largest absolute Gasteiger partial charge is 0.384 e. The molecule has 0 atom stereocenters. The molecule has 1 heterocycles. The first-order valence-corrected chi connectivity index (χ1v) is 6.85. The van der Waals surface area contributed by atoms with Gasteiger partial charge in [0, 0.05) is 0 Å². The van der Waals surface area contributed by atoms with Crippen LogP contribution in [0.15, 0.2) is 47.5 Å². The van der Waals surface area contributed by atoms with Crippen molar-refractivity contribution in [3.8, 4) is 0 Å². The molecule has 0 aliphatic heterocycles. The number of nitrogens with zero attached hydrogens (tertiary/aromatic N) is 2. The average Bonchev–Trinajstić information content (AvgIpc) is 2.79. The molecule has 0 saturated heterocycles. The molecule has 5 nitrogen and oxygen atoms in total. The first-order chi connectivity index (χ1) is 8.33. The smallest absolute Gasteiger partial charge is 0.283 e. The zero-order valence-corrected chi connectivity index (χ0v) is 10.9. The van der Waals surface area contributed by atoms with Crippen molar-refractivity contribution in [1.29, 1.82) is 0 Å². The summed E-state index contributed by atoms with van der Waals surface area (Å²) in [6.07, 6.45) is 1.35. The van der Waals surface area contributed by atoms with Gasteiger partial charge < -0.3 is 5.11 Å². The lowest BCUT2D eigenvalue weighted by atomic mass is 10.1. The van der Waals surface area contributed by atoms with Crippen LogP contribution in [0.25, 0.3) is 0 Å². The Hall–Kier alpha value is -1.66. The third-order valence-corrected chi connectivity index (χ3v) is 4.12. The van der Waals surface area contributed by atoms with Gasteiger partial charge in [-0.25, -0.2) is 0 Å². The fourth-order valence-electron chi connectivity index (χ4n) is 1.61. The number of aliphatic hydroxyl groups is 1. The van der Waals surface area contributed by atoms with E-state index in [-0.39, 0.29) is 10.6 Å². The summed E-state index contributed by atoms with van der Waals surface area (Å²) in [5.74, 6) is 0. The van der Waals surface area contributed by atoms with Gasteiger partial charge in [0.1, 0.15) is 5.60 Å². The van der Waals surface area contributed by atoms with Crippen LogP contribution in [0.5, 0.6) is 0 Å². The third-order valence-electron chi connectivity index (χ3n) is 2.51. The molecule has 1 aromatic carbocycles. The van der Waals surface area contributed by atoms with Crippen LogP contribution in [0.2, 0.25) is 0 Å². The molecular formula is C12H14N2O3S. The lowest BCUT2D eigenvalue weighted by Crippen LogP contribution is -2.26. The van der Waals surface area contributed by atoms with Gasteiger partial charge >= 0.3 is 0 Å². The lowest BCUT2D eigenvalue weighted by molar-refractivity contribution is 0.0722. The second-order valence-corrected chi connectivity index (χ2v) is 6.20. The molecule has 0 aliphatic rings. The Morgan fingerprint density at radius 2 is 1.78 bits per heavy atom. The molecule has 1 N–H and O–H groups in total. The van der Waals surface area contributed by atoms with Gasteiger partial charge in [0.05, 0.1) is 16.8 Å². The van der Waals surface area contributed by atoms with E-state index in [1.54, 1.807) is 18.2 Å². The number of aromatic nitrogens is 2. The van der Waals surface area contributed by atoms with E-state index in [9.17, 15) is 13.5 Å². The Labute approximate surface area is 106 Å². The number of hydrogen-bond acceptors (Lipinski definition) is 4. The van der Waals surface area contributed by atoms with Gasteiger partial charge in [-0.05, 0) is 32.0 Å². The Bertz CT molecular complexity index is 639. The van der Waals surface area contributed by atoms with Crippen LogP contribution in [0.3, 0.4) is 0 Å². The second-order valence-electron chi connectivity index (χ2n) is 4.44. The molecule has 0 saturated carbocycles. The summed E-state index contributed by atoms with van der Waals surface area (Å²) in [6, 6.07) is 9.48. The highest BCUT2D eigenvalue weighted by molar-refractivity contribution is 7.89. The Balaban J connectivity index is 2.60. The van der Waals surface area contributed by atoms with E-state index in [1.165, 1.54) is 38.2 Å². The third kappa shape index (κ3) is 2.16. The molecule has 0 spiro atoms. The lowest BCUT2D eigenvalue weighted by Gasteiger charge is -2.18. The van der Waals surface area contributed by atoms with Crippen LogP contribution in [-0.2, 0) is 15.6 Å². The maximum absolute atomic E-state index is 12.4. The normalized spacial score (nSPS) is 12.6. The Kier molecular flexibility index (Phi) is 3.00. The number of hydrogen-bond donors (Lipinski definition) is 1. The number of benzene rings is 1. The van der Waals surface area contributed by atoms with Crippen LogP contribution in [0.4, 0.5) is 0 Å². The van der Waals surface area contributed by atoms with E-state index < -0.39 is 15.6 Å². The zero-order valence-electron chi connectivity index (χ0n) is 10.1. The van der Waals surface area contributed by atoms with E-state index in [2.05, 4.69) is 5.10 Å². The van der Waals surface area contributed by atoms with Crippen molar-refractivity contribution >= 4 is 10.0 Å². The molecule has 1 aromatic heterocycles. The Morgan fingerprint density at radius 3 is 2.33 bits per heavy atom. The topological polar surface area (TPSA) is 72.2 Å². The van der Waals surface area contributed by atoms with Crippen molar-refractivity contribution < 1.29 is 13.5 Å². The van der Waals surface area contributed by atoms with Gasteiger partial charge in [-0.1, -0.05) is 18.2 Å². The van der Waals surface area contributed by atoms with Crippen molar-refractivity contribution in [2.45, 2.75) is 24.3 Å². The summed E-state index contributed by atoms with van der Waals surface area (Å²) in [6.45, 7) is 3.03. The maximum Gasteiger partial charge on any atom is 0.283 e. The second kappa shape index (κ2) is 4.22. The highest BCUT2D eigenvalue weighted by atomic mass is 32.2. The molecule has 6 heteroatoms. The quantitative estimate of drug-likeness (QED) is 0.910. The summed E-state index contributed by atoms with van der Waals surface area (Å²) >= 11 is 0. The van der Waals surface area contributed by atoms with Crippen molar-refractivity contribution in [1.82, 2.24) is 9.19 Å². The fourth-order valence-corrected chi connectivity index (χ4v) is 3.03. The standard InChI is InChI=1S/C12H14N2O3S/c1-12(2,15)11-8-9-13-14(11)18(16,17)10-6-4-3-5-7-10/h3-9,15H,1-2H3. The predicted octanol–water partition coefficient (Wildman–Crippen LogP) is 1.35. The first kappa shape index (κ1) is 12.8. The molecule has 2 rings (SSSR count). The monoisotopic (exact) mass is 266 g/mol. The van der Waals surface area contributed by atoms with E-state index in [1.807, 2.05) is 0 Å². The fraction of sp³-hybridized carbons (Fsp3) is 0.250. The van der Waals surface area contributed by atoms with Crippen LogP contribution in [0, 0.1) is 0 Å². The molecule has 96 valence electrons. The molecule has 2 aromatic rings. The van der Waals surface area contributed by atoms with Crippen molar-refractivity contribution in [3.05, 3.63) is 48.3 Å². The molecule has 0 bridgehead atoms. The Morgan fingerprint density at radius 1 is 1.17 bits per heavy atom. The van der Waals surface area contributed by atoms with Gasteiger partial charge in [-0.3, -0.25) is 0 Å². The minimum Gasteiger partial charge on any atom is -0.384 e. The highest BCUT2D eigenvalue weighted by Gasteiger charge is 2.28. The summed E-state index contributed by atoms with van der Waals surface area (Å²) in [5.41, 5.74) is -1.05. The van der Waals surface area contributed by atoms with Crippen LogP contribution < -0.4 is 0 Å². The van der Waals surface area contributed by atoms with Crippen LogP contribution in [-0.4, -0.2) is 22.7 Å². The molecule has 0 aliphatic carbocycles. The van der Waals surface area contributed by atoms with E-state index in [0.29, 0.717) is 0 Å². The van der Waals surface area contributed by atoms with Gasteiger partial charge in [0.2, 0.25) is 0 Å². The van der Waals surface area contributed by atoms with Crippen molar-refractivity contribution in [3.63, 3.8) is 0 Å². The van der Waals surface area contributed by atoms with E-state index in [4.69, 9.17) is 0 Å². The summed E-state index contributed by atoms with van der Waals surface area (Å²) in [4.78, 5) is 0.138. The molecule has 0 radical (unpaired) electrons. The van der Waals surface area contributed by atoms with Crippen LogP contribution >= 0.6 is 0 Å². The van der Waals surface area contributed by atoms with Gasteiger partial charge in [-0.2, -0.15) is 17.6 Å².